The summed E-state index contributed by atoms with van der Waals surface area (Å²) in [6.07, 6.45) is 2.12. The van der Waals surface area contributed by atoms with Crippen molar-refractivity contribution in [2.45, 2.75) is 19.4 Å². The lowest BCUT2D eigenvalue weighted by Crippen LogP contribution is -2.23. The Morgan fingerprint density at radius 3 is 3.16 bits per heavy atom. The molecule has 0 spiro atoms. The van der Waals surface area contributed by atoms with Gasteiger partial charge in [0.1, 0.15) is 11.0 Å². The molecule has 1 atom stereocenters. The highest BCUT2D eigenvalue weighted by Crippen LogP contribution is 2.21. The predicted molar refractivity (Wildman–Crippen MR) is 68.0 cm³/mol. The number of hydrogen-bond acceptors (Lipinski definition) is 4. The van der Waals surface area contributed by atoms with Crippen molar-refractivity contribution in [3.8, 4) is 0 Å². The van der Waals surface area contributed by atoms with E-state index in [-0.39, 0.29) is 5.56 Å². The molecule has 2 heterocycles. The van der Waals surface area contributed by atoms with Gasteiger partial charge in [0.05, 0.1) is 12.2 Å². The van der Waals surface area contributed by atoms with Crippen molar-refractivity contribution in [2.75, 3.05) is 13.2 Å². The lowest BCUT2D eigenvalue weighted by atomic mass is 10.0. The summed E-state index contributed by atoms with van der Waals surface area (Å²) in [7, 11) is 0. The Kier molecular flexibility index (Phi) is 3.16. The van der Waals surface area contributed by atoms with Gasteiger partial charge in [-0.2, -0.15) is 0 Å². The molecule has 0 aliphatic carbocycles. The van der Waals surface area contributed by atoms with E-state index in [4.69, 9.17) is 4.74 Å². The summed E-state index contributed by atoms with van der Waals surface area (Å²) in [6.45, 7) is 2.17. The van der Waals surface area contributed by atoms with E-state index in [1.807, 2.05) is 0 Å². The number of benzene rings is 1. The van der Waals surface area contributed by atoms with Crippen LogP contribution in [-0.4, -0.2) is 39.3 Å². The quantitative estimate of drug-likeness (QED) is 0.907. The van der Waals surface area contributed by atoms with Crippen molar-refractivity contribution in [3.63, 3.8) is 0 Å². The summed E-state index contributed by atoms with van der Waals surface area (Å²) in [5, 5.41) is 17.4. The minimum atomic E-state index is -0.950. The molecule has 1 saturated heterocycles. The fraction of sp³-hybridized carbons (Fsp3) is 0.462. The van der Waals surface area contributed by atoms with Crippen LogP contribution in [0.5, 0.6) is 0 Å². The van der Waals surface area contributed by atoms with Crippen LogP contribution in [-0.2, 0) is 11.3 Å². The van der Waals surface area contributed by atoms with Crippen molar-refractivity contribution >= 4 is 17.0 Å². The monoisotopic (exact) mass is 261 g/mol. The van der Waals surface area contributed by atoms with Gasteiger partial charge >= 0.3 is 5.97 Å². The maximum absolute atomic E-state index is 11.3. The molecule has 1 aliphatic rings. The summed E-state index contributed by atoms with van der Waals surface area (Å²) in [5.74, 6) is -0.574. The number of fused-ring (bicyclic) bond motifs is 1. The summed E-state index contributed by atoms with van der Waals surface area (Å²) < 4.78 is 7.14. The van der Waals surface area contributed by atoms with Crippen molar-refractivity contribution in [1.82, 2.24) is 15.0 Å². The van der Waals surface area contributed by atoms with Gasteiger partial charge in [0.2, 0.25) is 0 Å². The lowest BCUT2D eigenvalue weighted by molar-refractivity contribution is 0.0472. The lowest BCUT2D eigenvalue weighted by Gasteiger charge is -2.21. The van der Waals surface area contributed by atoms with Gasteiger partial charge in [0, 0.05) is 19.1 Å². The number of hydrogen-bond donors (Lipinski definition) is 1. The fourth-order valence-corrected chi connectivity index (χ4v) is 2.53. The Morgan fingerprint density at radius 2 is 2.42 bits per heavy atom. The number of rotatable bonds is 3. The van der Waals surface area contributed by atoms with Crippen LogP contribution < -0.4 is 0 Å². The van der Waals surface area contributed by atoms with E-state index in [1.54, 1.807) is 22.9 Å². The summed E-state index contributed by atoms with van der Waals surface area (Å²) in [4.78, 5) is 11.3. The van der Waals surface area contributed by atoms with Gasteiger partial charge in [-0.05, 0) is 25.0 Å². The second-order valence-corrected chi connectivity index (χ2v) is 4.83. The zero-order valence-corrected chi connectivity index (χ0v) is 10.5. The van der Waals surface area contributed by atoms with Crippen LogP contribution in [0.1, 0.15) is 23.2 Å². The molecule has 1 aromatic heterocycles. The fourth-order valence-electron chi connectivity index (χ4n) is 2.53. The van der Waals surface area contributed by atoms with Crippen LogP contribution in [0.25, 0.3) is 11.0 Å². The molecule has 0 saturated carbocycles. The second kappa shape index (κ2) is 4.97. The zero-order chi connectivity index (χ0) is 13.2. The number of ether oxygens (including phenoxy) is 1. The molecular weight excluding hydrogens is 246 g/mol. The molecule has 0 radical (unpaired) electrons. The maximum atomic E-state index is 11.3. The number of carboxylic acids is 1. The normalized spacial score (nSPS) is 19.7. The Bertz CT molecular complexity index is 602. The van der Waals surface area contributed by atoms with E-state index in [0.29, 0.717) is 30.1 Å². The second-order valence-electron chi connectivity index (χ2n) is 4.83. The molecule has 0 amide bonds. The number of carboxylic acid groups (broad SMARTS) is 1. The van der Waals surface area contributed by atoms with Gasteiger partial charge in [-0.1, -0.05) is 11.3 Å². The van der Waals surface area contributed by atoms with E-state index in [1.165, 1.54) is 0 Å². The third kappa shape index (κ3) is 2.31. The van der Waals surface area contributed by atoms with Crippen molar-refractivity contribution in [1.29, 1.82) is 0 Å². The zero-order valence-electron chi connectivity index (χ0n) is 10.5. The predicted octanol–water partition coefficient (Wildman–Crippen LogP) is 1.56. The van der Waals surface area contributed by atoms with Gasteiger partial charge in [-0.25, -0.2) is 9.48 Å². The van der Waals surface area contributed by atoms with Gasteiger partial charge in [-0.15, -0.1) is 5.10 Å². The number of aromatic carboxylic acids is 1. The third-order valence-electron chi connectivity index (χ3n) is 3.45. The smallest absolute Gasteiger partial charge is 0.337 e. The number of carbonyl (C=O) groups is 1. The molecule has 1 N–H and O–H groups in total. The Morgan fingerprint density at radius 1 is 1.53 bits per heavy atom. The van der Waals surface area contributed by atoms with Gasteiger partial charge in [0.15, 0.2) is 0 Å². The largest absolute Gasteiger partial charge is 0.478 e. The van der Waals surface area contributed by atoms with Crippen LogP contribution >= 0.6 is 0 Å². The topological polar surface area (TPSA) is 77.2 Å². The van der Waals surface area contributed by atoms with Crippen LogP contribution in [0.15, 0.2) is 18.2 Å². The molecule has 0 bridgehead atoms. The highest BCUT2D eigenvalue weighted by Gasteiger charge is 2.19. The van der Waals surface area contributed by atoms with Gasteiger partial charge < -0.3 is 9.84 Å². The van der Waals surface area contributed by atoms with Crippen LogP contribution in [0.3, 0.4) is 0 Å². The van der Waals surface area contributed by atoms with E-state index in [9.17, 15) is 9.90 Å². The van der Waals surface area contributed by atoms with Crippen molar-refractivity contribution in [2.24, 2.45) is 5.92 Å². The minimum Gasteiger partial charge on any atom is -0.478 e. The highest BCUT2D eigenvalue weighted by molar-refractivity contribution is 6.00. The molecule has 1 aromatic carbocycles. The van der Waals surface area contributed by atoms with E-state index in [0.717, 1.165) is 19.4 Å². The van der Waals surface area contributed by atoms with E-state index >= 15 is 0 Å². The molecule has 100 valence electrons. The summed E-state index contributed by atoms with van der Waals surface area (Å²) >= 11 is 0. The molecule has 19 heavy (non-hydrogen) atoms. The number of aromatic nitrogens is 3. The molecule has 1 aliphatic heterocycles. The molecule has 3 rings (SSSR count). The van der Waals surface area contributed by atoms with E-state index in [2.05, 4.69) is 10.3 Å². The SMILES string of the molecule is O=C(O)c1cccc2nnn(CC3CCCOC3)c12. The molecule has 6 heteroatoms. The molecule has 2 aromatic rings. The first-order chi connectivity index (χ1) is 9.25. The van der Waals surface area contributed by atoms with Gasteiger partial charge in [0.25, 0.3) is 0 Å². The van der Waals surface area contributed by atoms with Crippen molar-refractivity contribution in [3.05, 3.63) is 23.8 Å². The first-order valence-electron chi connectivity index (χ1n) is 6.39. The minimum absolute atomic E-state index is 0.249. The van der Waals surface area contributed by atoms with Crippen LogP contribution in [0.4, 0.5) is 0 Å². The van der Waals surface area contributed by atoms with Crippen molar-refractivity contribution < 1.29 is 14.6 Å². The van der Waals surface area contributed by atoms with Gasteiger partial charge in [-0.3, -0.25) is 0 Å². The molecular formula is C13H15N3O3. The van der Waals surface area contributed by atoms with Crippen LogP contribution in [0, 0.1) is 5.92 Å². The van der Waals surface area contributed by atoms with E-state index < -0.39 is 5.97 Å². The van der Waals surface area contributed by atoms with Crippen LogP contribution in [0.2, 0.25) is 0 Å². The Labute approximate surface area is 110 Å². The number of nitrogens with zero attached hydrogens (tertiary/aromatic N) is 3. The molecule has 1 unspecified atom stereocenters. The molecule has 6 nitrogen and oxygen atoms in total. The average molecular weight is 261 g/mol. The third-order valence-corrected chi connectivity index (χ3v) is 3.45. The first-order valence-corrected chi connectivity index (χ1v) is 6.39. The standard InChI is InChI=1S/C13H15N3O3/c17-13(18)10-4-1-5-11-12(10)16(15-14-11)7-9-3-2-6-19-8-9/h1,4-5,9H,2-3,6-8H2,(H,17,18). The number of para-hydroxylation sites is 1. The average Bonchev–Trinajstić information content (AvgIpc) is 2.83. The first kappa shape index (κ1) is 12.1. The maximum Gasteiger partial charge on any atom is 0.337 e. The summed E-state index contributed by atoms with van der Waals surface area (Å²) in [6, 6.07) is 5.05. The highest BCUT2D eigenvalue weighted by atomic mass is 16.5. The molecule has 1 fully saturated rings. The Hall–Kier alpha value is -1.95. The Balaban J connectivity index is 1.96. The summed E-state index contributed by atoms with van der Waals surface area (Å²) in [5.41, 5.74) is 1.47.